The molecule has 26 heavy (non-hydrogen) atoms. The fourth-order valence-electron chi connectivity index (χ4n) is 4.54. The summed E-state index contributed by atoms with van der Waals surface area (Å²) in [7, 11) is 0. The van der Waals surface area contributed by atoms with Crippen LogP contribution in [-0.2, 0) is 0 Å². The van der Waals surface area contributed by atoms with Crippen LogP contribution in [0.15, 0.2) is 0 Å². The molecule has 0 nitrogen and oxygen atoms in total. The summed E-state index contributed by atoms with van der Waals surface area (Å²) in [4.78, 5) is 0. The van der Waals surface area contributed by atoms with Gasteiger partial charge >= 0.3 is 0 Å². The van der Waals surface area contributed by atoms with E-state index in [0.29, 0.717) is 0 Å². The first kappa shape index (κ1) is 28.2. The van der Waals surface area contributed by atoms with Gasteiger partial charge in [0.15, 0.2) is 0 Å². The fraction of sp³-hybridized carbons (Fsp3) is 1.00. The summed E-state index contributed by atoms with van der Waals surface area (Å²) in [5, 5.41) is 0. The van der Waals surface area contributed by atoms with Crippen molar-refractivity contribution < 1.29 is 0 Å². The number of hydrogen-bond donors (Lipinski definition) is 0. The van der Waals surface area contributed by atoms with Gasteiger partial charge in [0.2, 0.25) is 0 Å². The van der Waals surface area contributed by atoms with Crippen LogP contribution >= 0.6 is 0 Å². The third-order valence-corrected chi connectivity index (χ3v) is 5.92. The lowest BCUT2D eigenvalue weighted by atomic mass is 9.81. The van der Waals surface area contributed by atoms with E-state index in [1.54, 1.807) is 6.42 Å². The van der Waals surface area contributed by atoms with Crippen LogP contribution in [0, 0.1) is 35.5 Å². The van der Waals surface area contributed by atoms with Crippen LogP contribution < -0.4 is 0 Å². The average molecular weight is 369 g/mol. The minimum atomic E-state index is 0.833. The number of rotatable bonds is 5. The Labute approximate surface area is 169 Å². The van der Waals surface area contributed by atoms with Crippen molar-refractivity contribution in [3.8, 4) is 0 Å². The van der Waals surface area contributed by atoms with Crippen LogP contribution in [0.3, 0.4) is 0 Å². The van der Waals surface area contributed by atoms with E-state index < -0.39 is 0 Å². The smallest absolute Gasteiger partial charge is 0.0363 e. The maximum Gasteiger partial charge on any atom is -0.0363 e. The van der Waals surface area contributed by atoms with Crippen molar-refractivity contribution in [2.75, 3.05) is 0 Å². The molecule has 0 spiro atoms. The SMILES string of the molecule is CC.CC(C)C.CCC.CCC1CCC(CCC(C)C2CCCC2C)C1. The molecule has 0 aromatic rings. The molecule has 0 heteroatoms. The van der Waals surface area contributed by atoms with E-state index in [2.05, 4.69) is 55.4 Å². The summed E-state index contributed by atoms with van der Waals surface area (Å²) >= 11 is 0. The molecule has 2 saturated carbocycles. The first-order chi connectivity index (χ1) is 12.3. The molecule has 0 N–H and O–H groups in total. The van der Waals surface area contributed by atoms with E-state index in [1.165, 1.54) is 57.8 Å². The molecule has 0 aromatic heterocycles. The van der Waals surface area contributed by atoms with Gasteiger partial charge in [-0.15, -0.1) is 0 Å². The highest BCUT2D eigenvalue weighted by Gasteiger charge is 2.29. The van der Waals surface area contributed by atoms with Crippen LogP contribution in [0.25, 0.3) is 0 Å². The van der Waals surface area contributed by atoms with Gasteiger partial charge in [-0.05, 0) is 48.3 Å². The molecule has 0 aliphatic heterocycles. The third-order valence-electron chi connectivity index (χ3n) is 5.92. The first-order valence-electron chi connectivity index (χ1n) is 12.3. The van der Waals surface area contributed by atoms with Crippen molar-refractivity contribution >= 4 is 0 Å². The third kappa shape index (κ3) is 14.1. The van der Waals surface area contributed by atoms with E-state index in [-0.39, 0.29) is 0 Å². The molecule has 0 heterocycles. The standard InChI is InChI=1S/C17H32.C4H10.C3H8.C2H6/c1-4-15-10-11-16(12-15)9-8-14(3)17-7-5-6-13(17)2;1-4(2)3;1-3-2;1-2/h13-17H,4-12H2,1-3H3;4H,1-3H3;3H2,1-2H3;1-2H3. The molecule has 160 valence electrons. The first-order valence-corrected chi connectivity index (χ1v) is 12.3. The Morgan fingerprint density at radius 3 is 1.69 bits per heavy atom. The second-order valence-electron chi connectivity index (χ2n) is 9.52. The van der Waals surface area contributed by atoms with Gasteiger partial charge in [-0.1, -0.05) is 121 Å². The molecule has 0 bridgehead atoms. The van der Waals surface area contributed by atoms with Gasteiger partial charge in [-0.25, -0.2) is 0 Å². The van der Waals surface area contributed by atoms with Crippen molar-refractivity contribution in [1.82, 2.24) is 0 Å². The Hall–Kier alpha value is 0. The van der Waals surface area contributed by atoms with Gasteiger partial charge in [0.25, 0.3) is 0 Å². The molecule has 0 amide bonds. The van der Waals surface area contributed by atoms with Crippen LogP contribution in [-0.4, -0.2) is 0 Å². The largest absolute Gasteiger partial charge is 0.0683 e. The molecule has 5 atom stereocenters. The zero-order valence-corrected chi connectivity index (χ0v) is 20.5. The molecule has 2 rings (SSSR count). The molecule has 2 fully saturated rings. The summed E-state index contributed by atoms with van der Waals surface area (Å²) in [5.41, 5.74) is 0. The Morgan fingerprint density at radius 1 is 0.808 bits per heavy atom. The zero-order chi connectivity index (χ0) is 20.5. The minimum Gasteiger partial charge on any atom is -0.0683 e. The normalized spacial score (nSPS) is 28.3. The summed E-state index contributed by atoms with van der Waals surface area (Å²) in [6.07, 6.45) is 14.8. The number of hydrogen-bond acceptors (Lipinski definition) is 0. The second-order valence-corrected chi connectivity index (χ2v) is 9.52. The highest BCUT2D eigenvalue weighted by Crippen LogP contribution is 2.41. The highest BCUT2D eigenvalue weighted by atomic mass is 14.3. The lowest BCUT2D eigenvalue weighted by Gasteiger charge is -2.24. The van der Waals surface area contributed by atoms with E-state index >= 15 is 0 Å². The van der Waals surface area contributed by atoms with Crippen LogP contribution in [0.2, 0.25) is 0 Å². The van der Waals surface area contributed by atoms with E-state index in [1.807, 2.05) is 13.8 Å². The second kappa shape index (κ2) is 18.4. The van der Waals surface area contributed by atoms with E-state index in [9.17, 15) is 0 Å². The van der Waals surface area contributed by atoms with Gasteiger partial charge in [0.05, 0.1) is 0 Å². The van der Waals surface area contributed by atoms with Gasteiger partial charge < -0.3 is 0 Å². The predicted octanol–water partition coefficient (Wildman–Crippen LogP) is 9.77. The topological polar surface area (TPSA) is 0 Å². The Kier molecular flexibility index (Phi) is 19.9. The zero-order valence-electron chi connectivity index (χ0n) is 20.5. The maximum absolute atomic E-state index is 2.53. The van der Waals surface area contributed by atoms with Crippen molar-refractivity contribution in [3.05, 3.63) is 0 Å². The van der Waals surface area contributed by atoms with E-state index in [0.717, 1.165) is 35.5 Å². The van der Waals surface area contributed by atoms with Crippen molar-refractivity contribution in [2.45, 2.75) is 133 Å². The lowest BCUT2D eigenvalue weighted by Crippen LogP contribution is -2.15. The van der Waals surface area contributed by atoms with Crippen molar-refractivity contribution in [3.63, 3.8) is 0 Å². The Bertz CT molecular complexity index is 264. The van der Waals surface area contributed by atoms with Gasteiger partial charge in [0, 0.05) is 0 Å². The molecular formula is C26H56. The average Bonchev–Trinajstić information content (AvgIpc) is 3.23. The summed E-state index contributed by atoms with van der Waals surface area (Å²) in [5.74, 6) is 6.04. The van der Waals surface area contributed by atoms with Crippen LogP contribution in [0.1, 0.15) is 133 Å². The molecule has 5 unspecified atom stereocenters. The molecule has 2 aliphatic rings. The summed E-state index contributed by atoms with van der Waals surface area (Å²) in [6.45, 7) is 22.1. The molecule has 0 radical (unpaired) electrons. The molecule has 0 saturated heterocycles. The highest BCUT2D eigenvalue weighted by molar-refractivity contribution is 4.80. The summed E-state index contributed by atoms with van der Waals surface area (Å²) in [6, 6.07) is 0. The van der Waals surface area contributed by atoms with Crippen molar-refractivity contribution in [1.29, 1.82) is 0 Å². The Balaban J connectivity index is 0. The lowest BCUT2D eigenvalue weighted by molar-refractivity contribution is 0.260. The van der Waals surface area contributed by atoms with Gasteiger partial charge in [0.1, 0.15) is 0 Å². The molecule has 2 aliphatic carbocycles. The molecule has 0 aromatic carbocycles. The van der Waals surface area contributed by atoms with Crippen molar-refractivity contribution in [2.24, 2.45) is 35.5 Å². The van der Waals surface area contributed by atoms with Crippen LogP contribution in [0.5, 0.6) is 0 Å². The van der Waals surface area contributed by atoms with Gasteiger partial charge in [-0.2, -0.15) is 0 Å². The fourth-order valence-corrected chi connectivity index (χ4v) is 4.54. The minimum absolute atomic E-state index is 0.833. The predicted molar refractivity (Wildman–Crippen MR) is 124 cm³/mol. The van der Waals surface area contributed by atoms with E-state index in [4.69, 9.17) is 0 Å². The van der Waals surface area contributed by atoms with Gasteiger partial charge in [-0.3, -0.25) is 0 Å². The monoisotopic (exact) mass is 368 g/mol. The Morgan fingerprint density at radius 2 is 1.31 bits per heavy atom. The van der Waals surface area contributed by atoms with Crippen LogP contribution in [0.4, 0.5) is 0 Å². The summed E-state index contributed by atoms with van der Waals surface area (Å²) < 4.78 is 0. The maximum atomic E-state index is 2.53. The molecular weight excluding hydrogens is 312 g/mol. The quantitative estimate of drug-likeness (QED) is 0.453.